The van der Waals surface area contributed by atoms with Gasteiger partial charge < -0.3 is 15.3 Å². The Labute approximate surface area is 116 Å². The molecule has 8 heteroatoms. The van der Waals surface area contributed by atoms with E-state index in [4.69, 9.17) is 5.11 Å². The number of anilines is 1. The Morgan fingerprint density at radius 1 is 1.47 bits per heavy atom. The van der Waals surface area contributed by atoms with Crippen molar-refractivity contribution >= 4 is 33.6 Å². The number of benzene rings is 1. The maximum absolute atomic E-state index is 12.1. The number of hydrogen-bond acceptors (Lipinski definition) is 2. The zero-order chi connectivity index (χ0) is 14.6. The Kier molecular flexibility index (Phi) is 5.22. The molecule has 0 radical (unpaired) electrons. The number of carboxylic acid groups (broad SMARTS) is 1. The first-order chi connectivity index (χ1) is 8.82. The van der Waals surface area contributed by atoms with Crippen molar-refractivity contribution in [1.82, 2.24) is 4.90 Å². The highest BCUT2D eigenvalue weighted by molar-refractivity contribution is 9.10. The van der Waals surface area contributed by atoms with Crippen LogP contribution in [-0.2, 0) is 0 Å². The predicted octanol–water partition coefficient (Wildman–Crippen LogP) is 2.88. The van der Waals surface area contributed by atoms with Gasteiger partial charge in [0.2, 0.25) is 0 Å². The number of halogens is 3. The molecule has 1 aromatic carbocycles. The van der Waals surface area contributed by atoms with Gasteiger partial charge in [0.1, 0.15) is 0 Å². The van der Waals surface area contributed by atoms with Crippen molar-refractivity contribution in [3.8, 4) is 0 Å². The molecule has 0 aliphatic heterocycles. The van der Waals surface area contributed by atoms with Gasteiger partial charge in [-0.2, -0.15) is 0 Å². The second-order valence-electron chi connectivity index (χ2n) is 3.67. The minimum absolute atomic E-state index is 0.0288. The monoisotopic (exact) mass is 336 g/mol. The van der Waals surface area contributed by atoms with Gasteiger partial charge in [-0.05, 0) is 28.1 Å². The highest BCUT2D eigenvalue weighted by Crippen LogP contribution is 2.26. The summed E-state index contributed by atoms with van der Waals surface area (Å²) in [6, 6.07) is 3.52. The number of para-hydroxylation sites is 1. The lowest BCUT2D eigenvalue weighted by Crippen LogP contribution is -2.35. The Balaban J connectivity index is 2.93. The van der Waals surface area contributed by atoms with Crippen LogP contribution in [0.2, 0.25) is 0 Å². The van der Waals surface area contributed by atoms with E-state index in [0.717, 1.165) is 4.90 Å². The molecular weight excluding hydrogens is 326 g/mol. The molecule has 1 rings (SSSR count). The van der Waals surface area contributed by atoms with Gasteiger partial charge in [-0.15, -0.1) is 0 Å². The summed E-state index contributed by atoms with van der Waals surface area (Å²) in [4.78, 5) is 23.4. The third-order valence-corrected chi connectivity index (χ3v) is 2.90. The molecule has 0 fully saturated rings. The van der Waals surface area contributed by atoms with E-state index in [0.29, 0.717) is 4.47 Å². The van der Waals surface area contributed by atoms with E-state index >= 15 is 0 Å². The fourth-order valence-corrected chi connectivity index (χ4v) is 1.79. The maximum atomic E-state index is 12.1. The summed E-state index contributed by atoms with van der Waals surface area (Å²) in [5, 5.41) is 11.3. The molecular formula is C11H11BrF2N2O3. The molecule has 0 saturated carbocycles. The third-order valence-electron chi connectivity index (χ3n) is 2.23. The quantitative estimate of drug-likeness (QED) is 0.888. The van der Waals surface area contributed by atoms with Crippen LogP contribution in [0, 0.1) is 0 Å². The van der Waals surface area contributed by atoms with E-state index in [1.54, 1.807) is 0 Å². The van der Waals surface area contributed by atoms with Gasteiger partial charge in [0, 0.05) is 11.5 Å². The van der Waals surface area contributed by atoms with Gasteiger partial charge in [0.05, 0.1) is 17.8 Å². The standard InChI is InChI=1S/C11H11BrF2N2O3/c1-16(5-8(13)14)11(19)15-9-6(10(17)18)3-2-4-7(9)12/h2-4,8H,5H2,1H3,(H,15,19)(H,17,18). The molecule has 2 N–H and O–H groups in total. The maximum Gasteiger partial charge on any atom is 0.337 e. The number of urea groups is 1. The molecule has 0 heterocycles. The number of carbonyl (C=O) groups excluding carboxylic acids is 1. The van der Waals surface area contributed by atoms with Crippen LogP contribution in [0.5, 0.6) is 0 Å². The number of rotatable bonds is 4. The Morgan fingerprint density at radius 3 is 2.63 bits per heavy atom. The lowest BCUT2D eigenvalue weighted by molar-refractivity contribution is 0.0697. The minimum atomic E-state index is -2.66. The van der Waals surface area contributed by atoms with E-state index in [9.17, 15) is 18.4 Å². The molecule has 2 amide bonds. The number of nitrogens with one attached hydrogen (secondary N) is 1. The number of aromatic carboxylic acids is 1. The molecule has 0 saturated heterocycles. The summed E-state index contributed by atoms with van der Waals surface area (Å²) in [7, 11) is 1.19. The molecule has 0 bridgehead atoms. The summed E-state index contributed by atoms with van der Waals surface area (Å²) in [6.45, 7) is -0.737. The van der Waals surface area contributed by atoms with Crippen molar-refractivity contribution in [2.45, 2.75) is 6.43 Å². The Bertz CT molecular complexity index is 497. The van der Waals surface area contributed by atoms with Crippen molar-refractivity contribution in [2.75, 3.05) is 18.9 Å². The van der Waals surface area contributed by atoms with E-state index in [-0.39, 0.29) is 11.3 Å². The molecule has 0 aromatic heterocycles. The summed E-state index contributed by atoms with van der Waals surface area (Å²) in [5.41, 5.74) is -0.103. The normalized spacial score (nSPS) is 10.4. The molecule has 0 spiro atoms. The van der Waals surface area contributed by atoms with Crippen molar-refractivity contribution in [3.63, 3.8) is 0 Å². The highest BCUT2D eigenvalue weighted by atomic mass is 79.9. The minimum Gasteiger partial charge on any atom is -0.478 e. The van der Waals surface area contributed by atoms with Crippen LogP contribution in [0.1, 0.15) is 10.4 Å². The smallest absolute Gasteiger partial charge is 0.337 e. The number of nitrogens with zero attached hydrogens (tertiary/aromatic N) is 1. The Hall–Kier alpha value is -1.70. The number of carboxylic acids is 1. The van der Waals surface area contributed by atoms with E-state index in [1.165, 1.54) is 25.2 Å². The SMILES string of the molecule is CN(CC(F)F)C(=O)Nc1c(Br)cccc1C(=O)O. The van der Waals surface area contributed by atoms with E-state index in [1.807, 2.05) is 0 Å². The van der Waals surface area contributed by atoms with Crippen LogP contribution in [0.15, 0.2) is 22.7 Å². The zero-order valence-corrected chi connectivity index (χ0v) is 11.4. The summed E-state index contributed by atoms with van der Waals surface area (Å²) in [6.07, 6.45) is -2.66. The largest absolute Gasteiger partial charge is 0.478 e. The number of amides is 2. The highest BCUT2D eigenvalue weighted by Gasteiger charge is 2.19. The first-order valence-electron chi connectivity index (χ1n) is 5.15. The van der Waals surface area contributed by atoms with E-state index < -0.39 is 25.0 Å². The molecule has 0 unspecified atom stereocenters. The lowest BCUT2D eigenvalue weighted by atomic mass is 10.2. The van der Waals surface area contributed by atoms with Crippen molar-refractivity contribution < 1.29 is 23.5 Å². The van der Waals surface area contributed by atoms with Gasteiger partial charge in [-0.25, -0.2) is 18.4 Å². The van der Waals surface area contributed by atoms with Crippen LogP contribution >= 0.6 is 15.9 Å². The van der Waals surface area contributed by atoms with Crippen molar-refractivity contribution in [2.24, 2.45) is 0 Å². The molecule has 0 aliphatic carbocycles. The van der Waals surface area contributed by atoms with Crippen LogP contribution in [0.3, 0.4) is 0 Å². The van der Waals surface area contributed by atoms with Gasteiger partial charge in [-0.1, -0.05) is 6.07 Å². The molecule has 0 aliphatic rings. The summed E-state index contributed by atoms with van der Waals surface area (Å²) < 4.78 is 24.6. The molecule has 19 heavy (non-hydrogen) atoms. The van der Waals surface area contributed by atoms with E-state index in [2.05, 4.69) is 21.2 Å². The molecule has 104 valence electrons. The number of alkyl halides is 2. The predicted molar refractivity (Wildman–Crippen MR) is 68.8 cm³/mol. The third kappa shape index (κ3) is 4.16. The first kappa shape index (κ1) is 15.4. The second kappa shape index (κ2) is 6.46. The van der Waals surface area contributed by atoms with Crippen LogP contribution in [0.4, 0.5) is 19.3 Å². The summed E-state index contributed by atoms with van der Waals surface area (Å²) >= 11 is 3.10. The van der Waals surface area contributed by atoms with Crippen molar-refractivity contribution in [1.29, 1.82) is 0 Å². The Morgan fingerprint density at radius 2 is 2.11 bits per heavy atom. The summed E-state index contributed by atoms with van der Waals surface area (Å²) in [5.74, 6) is -1.23. The van der Waals surface area contributed by atoms with Gasteiger partial charge in [0.25, 0.3) is 6.43 Å². The van der Waals surface area contributed by atoms with Gasteiger partial charge >= 0.3 is 12.0 Å². The zero-order valence-electron chi connectivity index (χ0n) is 9.86. The lowest BCUT2D eigenvalue weighted by Gasteiger charge is -2.18. The van der Waals surface area contributed by atoms with Crippen LogP contribution in [0.25, 0.3) is 0 Å². The molecule has 1 aromatic rings. The fourth-order valence-electron chi connectivity index (χ4n) is 1.32. The first-order valence-corrected chi connectivity index (χ1v) is 5.94. The number of hydrogen-bond donors (Lipinski definition) is 2. The number of carbonyl (C=O) groups is 2. The second-order valence-corrected chi connectivity index (χ2v) is 4.52. The molecule has 0 atom stereocenters. The van der Waals surface area contributed by atoms with Crippen LogP contribution in [-0.4, -0.2) is 42.0 Å². The fraction of sp³-hybridized carbons (Fsp3) is 0.273. The van der Waals surface area contributed by atoms with Gasteiger partial charge in [0.15, 0.2) is 0 Å². The average molecular weight is 337 g/mol. The van der Waals surface area contributed by atoms with Crippen LogP contribution < -0.4 is 5.32 Å². The topological polar surface area (TPSA) is 69.6 Å². The molecule has 5 nitrogen and oxygen atoms in total. The van der Waals surface area contributed by atoms with Gasteiger partial charge in [-0.3, -0.25) is 0 Å². The van der Waals surface area contributed by atoms with Crippen molar-refractivity contribution in [3.05, 3.63) is 28.2 Å². The average Bonchev–Trinajstić information content (AvgIpc) is 2.30.